The fourth-order valence-electron chi connectivity index (χ4n) is 3.44. The van der Waals surface area contributed by atoms with Crippen molar-refractivity contribution in [2.45, 2.75) is 96.8 Å². The molecule has 0 radical (unpaired) electrons. The first-order chi connectivity index (χ1) is 14.7. The van der Waals surface area contributed by atoms with E-state index in [1.807, 2.05) is 0 Å². The Hall–Kier alpha value is -2.10. The summed E-state index contributed by atoms with van der Waals surface area (Å²) in [6.45, 7) is 2.60. The number of aromatic carboxylic acids is 1. The van der Waals surface area contributed by atoms with Gasteiger partial charge in [0, 0.05) is 0 Å². The molecule has 0 heterocycles. The third-order valence-corrected chi connectivity index (χ3v) is 5.27. The van der Waals surface area contributed by atoms with E-state index in [-0.39, 0.29) is 11.1 Å². The molecule has 1 aromatic rings. The van der Waals surface area contributed by atoms with Crippen molar-refractivity contribution in [3.63, 3.8) is 0 Å². The first-order valence-electron chi connectivity index (χ1n) is 11.8. The quantitative estimate of drug-likeness (QED) is 0.152. The molecule has 4 nitrogen and oxygen atoms in total. The number of rotatable bonds is 18. The Morgan fingerprint density at radius 1 is 0.767 bits per heavy atom. The predicted molar refractivity (Wildman–Crippen MR) is 123 cm³/mol. The molecule has 0 amide bonds. The molecule has 0 unspecified atom stereocenters. The number of esters is 1. The number of unbranched alkanes of at least 4 members (excludes halogenated alkanes) is 12. The number of hydrogen-bond donors (Lipinski definition) is 1. The minimum atomic E-state index is -1.11. The largest absolute Gasteiger partial charge is 0.478 e. The van der Waals surface area contributed by atoms with E-state index in [1.54, 1.807) is 12.1 Å². The third-order valence-electron chi connectivity index (χ3n) is 5.27. The molecule has 0 bridgehead atoms. The Labute approximate surface area is 182 Å². The fraction of sp³-hybridized carbons (Fsp3) is 0.615. The van der Waals surface area contributed by atoms with Crippen LogP contribution < -0.4 is 0 Å². The highest BCUT2D eigenvalue weighted by molar-refractivity contribution is 6.02. The number of hydrogen-bond acceptors (Lipinski definition) is 3. The zero-order valence-corrected chi connectivity index (χ0v) is 18.7. The summed E-state index contributed by atoms with van der Waals surface area (Å²) in [7, 11) is 0. The average Bonchev–Trinajstić information content (AvgIpc) is 2.75. The summed E-state index contributed by atoms with van der Waals surface area (Å²) in [5.74, 6) is -1.67. The number of carbonyl (C=O) groups excluding carboxylic acids is 1. The van der Waals surface area contributed by atoms with Crippen molar-refractivity contribution in [2.75, 3.05) is 6.61 Å². The Balaban J connectivity index is 1.94. The van der Waals surface area contributed by atoms with Gasteiger partial charge in [-0.25, -0.2) is 9.59 Å². The molecule has 30 heavy (non-hydrogen) atoms. The molecule has 1 aromatic carbocycles. The lowest BCUT2D eigenvalue weighted by molar-refractivity contribution is 0.0487. The lowest BCUT2D eigenvalue weighted by Gasteiger charge is -2.07. The third kappa shape index (κ3) is 12.5. The fourth-order valence-corrected chi connectivity index (χ4v) is 3.44. The van der Waals surface area contributed by atoms with Gasteiger partial charge in [0.05, 0.1) is 17.7 Å². The van der Waals surface area contributed by atoms with Gasteiger partial charge in [-0.15, -0.1) is 0 Å². The van der Waals surface area contributed by atoms with Gasteiger partial charge in [-0.2, -0.15) is 0 Å². The highest BCUT2D eigenvalue weighted by Gasteiger charge is 2.16. The van der Waals surface area contributed by atoms with Crippen LogP contribution in [0.3, 0.4) is 0 Å². The first-order valence-corrected chi connectivity index (χ1v) is 11.8. The molecule has 0 aliphatic heterocycles. The highest BCUT2D eigenvalue weighted by Crippen LogP contribution is 2.12. The predicted octanol–water partition coefficient (Wildman–Crippen LogP) is 7.58. The van der Waals surface area contributed by atoms with Gasteiger partial charge in [0.2, 0.25) is 0 Å². The van der Waals surface area contributed by atoms with Crippen LogP contribution in [0.15, 0.2) is 36.4 Å². The molecule has 0 aliphatic carbocycles. The summed E-state index contributed by atoms with van der Waals surface area (Å²) in [5.41, 5.74) is 0.107. The van der Waals surface area contributed by atoms with Gasteiger partial charge < -0.3 is 9.84 Å². The maximum atomic E-state index is 12.0. The maximum Gasteiger partial charge on any atom is 0.339 e. The van der Waals surface area contributed by atoms with Crippen LogP contribution in [0.25, 0.3) is 0 Å². The number of carboxylic acid groups (broad SMARTS) is 1. The van der Waals surface area contributed by atoms with Crippen molar-refractivity contribution in [1.82, 2.24) is 0 Å². The monoisotopic (exact) mass is 416 g/mol. The van der Waals surface area contributed by atoms with Crippen molar-refractivity contribution in [3.8, 4) is 0 Å². The Morgan fingerprint density at radius 3 is 1.83 bits per heavy atom. The SMILES string of the molecule is CCCCCCCCC/C=C/CCCCCCCOC(=O)c1ccccc1C(=O)O. The van der Waals surface area contributed by atoms with Crippen LogP contribution in [-0.4, -0.2) is 23.7 Å². The molecule has 0 fully saturated rings. The molecular weight excluding hydrogens is 376 g/mol. The smallest absolute Gasteiger partial charge is 0.339 e. The molecule has 1 rings (SSSR count). The number of ether oxygens (including phenoxy) is 1. The van der Waals surface area contributed by atoms with Crippen LogP contribution in [0.2, 0.25) is 0 Å². The van der Waals surface area contributed by atoms with Crippen LogP contribution in [0.5, 0.6) is 0 Å². The minimum Gasteiger partial charge on any atom is -0.478 e. The van der Waals surface area contributed by atoms with E-state index in [0.717, 1.165) is 25.7 Å². The molecular formula is C26H40O4. The lowest BCUT2D eigenvalue weighted by atomic mass is 10.1. The second kappa shape index (κ2) is 17.7. The Kier molecular flexibility index (Phi) is 15.3. The van der Waals surface area contributed by atoms with Gasteiger partial charge in [-0.05, 0) is 44.2 Å². The first kappa shape index (κ1) is 25.9. The van der Waals surface area contributed by atoms with E-state index in [9.17, 15) is 9.59 Å². The zero-order valence-electron chi connectivity index (χ0n) is 18.7. The van der Waals surface area contributed by atoms with E-state index in [4.69, 9.17) is 9.84 Å². The summed E-state index contributed by atoms with van der Waals surface area (Å²) in [5, 5.41) is 9.12. The second-order valence-corrected chi connectivity index (χ2v) is 7.92. The summed E-state index contributed by atoms with van der Waals surface area (Å²) in [6.07, 6.45) is 21.9. The van der Waals surface area contributed by atoms with Gasteiger partial charge in [-0.3, -0.25) is 0 Å². The van der Waals surface area contributed by atoms with Crippen LogP contribution in [0, 0.1) is 0 Å². The van der Waals surface area contributed by atoms with Gasteiger partial charge in [0.1, 0.15) is 0 Å². The second-order valence-electron chi connectivity index (χ2n) is 7.92. The Morgan fingerprint density at radius 2 is 1.27 bits per heavy atom. The molecule has 1 N–H and O–H groups in total. The van der Waals surface area contributed by atoms with Crippen molar-refractivity contribution in [3.05, 3.63) is 47.5 Å². The molecule has 0 saturated carbocycles. The van der Waals surface area contributed by atoms with Crippen molar-refractivity contribution >= 4 is 11.9 Å². The van der Waals surface area contributed by atoms with Crippen LogP contribution in [-0.2, 0) is 4.74 Å². The Bertz CT molecular complexity index is 621. The zero-order chi connectivity index (χ0) is 21.9. The van der Waals surface area contributed by atoms with E-state index in [1.165, 1.54) is 76.3 Å². The summed E-state index contributed by atoms with van der Waals surface area (Å²) in [6, 6.07) is 6.16. The normalized spacial score (nSPS) is 11.1. The molecule has 0 saturated heterocycles. The maximum absolute atomic E-state index is 12.0. The molecule has 168 valence electrons. The van der Waals surface area contributed by atoms with Crippen molar-refractivity contribution < 1.29 is 19.4 Å². The summed E-state index contributed by atoms with van der Waals surface area (Å²) >= 11 is 0. The molecule has 0 spiro atoms. The number of carbonyl (C=O) groups is 2. The van der Waals surface area contributed by atoms with Gasteiger partial charge >= 0.3 is 11.9 Å². The number of carboxylic acids is 1. The lowest BCUT2D eigenvalue weighted by Crippen LogP contribution is -2.12. The van der Waals surface area contributed by atoms with E-state index in [0.29, 0.717) is 6.61 Å². The van der Waals surface area contributed by atoms with Crippen molar-refractivity contribution in [1.29, 1.82) is 0 Å². The van der Waals surface area contributed by atoms with E-state index >= 15 is 0 Å². The van der Waals surface area contributed by atoms with Gasteiger partial charge in [0.25, 0.3) is 0 Å². The standard InChI is InChI=1S/C26H40O4/c1-2-3-4-5-6-7-8-9-10-11-12-13-14-15-16-19-22-30-26(29)24-21-18-17-20-23(24)25(27)28/h10-11,17-18,20-21H,2-9,12-16,19,22H2,1H3,(H,27,28)/b11-10+. The van der Waals surface area contributed by atoms with Crippen molar-refractivity contribution in [2.24, 2.45) is 0 Å². The van der Waals surface area contributed by atoms with Crippen LogP contribution in [0.4, 0.5) is 0 Å². The minimum absolute atomic E-state index is 0.0115. The molecule has 0 aromatic heterocycles. The molecule has 0 aliphatic rings. The van der Waals surface area contributed by atoms with Gasteiger partial charge in [0.15, 0.2) is 0 Å². The van der Waals surface area contributed by atoms with E-state index in [2.05, 4.69) is 19.1 Å². The number of benzene rings is 1. The van der Waals surface area contributed by atoms with Crippen LogP contribution >= 0.6 is 0 Å². The van der Waals surface area contributed by atoms with Crippen LogP contribution in [0.1, 0.15) is 118 Å². The topological polar surface area (TPSA) is 63.6 Å². The molecule has 4 heteroatoms. The summed E-state index contributed by atoms with van der Waals surface area (Å²) in [4.78, 5) is 23.2. The highest BCUT2D eigenvalue weighted by atomic mass is 16.5. The summed E-state index contributed by atoms with van der Waals surface area (Å²) < 4.78 is 5.22. The van der Waals surface area contributed by atoms with E-state index < -0.39 is 11.9 Å². The van der Waals surface area contributed by atoms with Gasteiger partial charge in [-0.1, -0.05) is 89.0 Å². The molecule has 0 atom stereocenters. The average molecular weight is 417 g/mol. The number of allylic oxidation sites excluding steroid dienone is 2.